The third-order valence-electron chi connectivity index (χ3n) is 3.04. The van der Waals surface area contributed by atoms with E-state index in [1.54, 1.807) is 0 Å². The average Bonchev–Trinajstić information content (AvgIpc) is 2.41. The molecule has 1 amide bonds. The maximum absolute atomic E-state index is 12.7. The van der Waals surface area contributed by atoms with Crippen LogP contribution in [-0.4, -0.2) is 30.7 Å². The quantitative estimate of drug-likeness (QED) is 0.841. The Morgan fingerprint density at radius 1 is 1.38 bits per heavy atom. The van der Waals surface area contributed by atoms with E-state index in [0.717, 1.165) is 25.0 Å². The third kappa shape index (κ3) is 4.33. The lowest BCUT2D eigenvalue weighted by Crippen LogP contribution is -2.36. The molecule has 5 nitrogen and oxygen atoms in total. The van der Waals surface area contributed by atoms with Gasteiger partial charge in [0.2, 0.25) is 5.91 Å². The molecule has 3 N–H and O–H groups in total. The fourth-order valence-corrected chi connectivity index (χ4v) is 2.01. The second-order valence-electron chi connectivity index (χ2n) is 4.75. The highest BCUT2D eigenvalue weighted by molar-refractivity contribution is 5.92. The van der Waals surface area contributed by atoms with Crippen LogP contribution in [0.2, 0.25) is 0 Å². The summed E-state index contributed by atoms with van der Waals surface area (Å²) < 4.78 is 38.2. The minimum absolute atomic E-state index is 0.0221. The molecule has 8 heteroatoms. The van der Waals surface area contributed by atoms with Gasteiger partial charge < -0.3 is 11.1 Å². The Morgan fingerprint density at radius 2 is 2.14 bits per heavy atom. The maximum atomic E-state index is 12.7. The summed E-state index contributed by atoms with van der Waals surface area (Å²) in [5.41, 5.74) is 4.01. The van der Waals surface area contributed by atoms with Gasteiger partial charge in [-0.25, -0.2) is 0 Å². The standard InChI is InChI=1S/C13H16F3N3O2/c14-13(15,16)10-7-9(3-4-11(10)17)18-12(20)8-19-5-1-2-6-21-19/h3-4,7H,1-2,5-6,8,17H2,(H,18,20). The van der Waals surface area contributed by atoms with Gasteiger partial charge in [0.05, 0.1) is 12.2 Å². The van der Waals surface area contributed by atoms with E-state index in [9.17, 15) is 18.0 Å². The Morgan fingerprint density at radius 3 is 2.76 bits per heavy atom. The fraction of sp³-hybridized carbons (Fsp3) is 0.462. The van der Waals surface area contributed by atoms with Crippen molar-refractivity contribution in [3.8, 4) is 0 Å². The number of hydroxylamine groups is 2. The zero-order valence-electron chi connectivity index (χ0n) is 11.2. The summed E-state index contributed by atoms with van der Waals surface area (Å²) in [6, 6.07) is 3.28. The van der Waals surface area contributed by atoms with Crippen molar-refractivity contribution < 1.29 is 22.8 Å². The van der Waals surface area contributed by atoms with Gasteiger partial charge in [-0.3, -0.25) is 9.63 Å². The first kappa shape index (κ1) is 15.6. The molecule has 1 aromatic rings. The zero-order valence-corrected chi connectivity index (χ0v) is 11.2. The van der Waals surface area contributed by atoms with E-state index in [0.29, 0.717) is 13.2 Å². The molecule has 1 aliphatic heterocycles. The number of nitrogen functional groups attached to an aromatic ring is 1. The number of nitrogens with zero attached hydrogens (tertiary/aromatic N) is 1. The van der Waals surface area contributed by atoms with Crippen molar-refractivity contribution in [2.45, 2.75) is 19.0 Å². The number of carbonyl (C=O) groups is 1. The SMILES string of the molecule is Nc1ccc(NC(=O)CN2CCCCO2)cc1C(F)(F)F. The largest absolute Gasteiger partial charge is 0.418 e. The summed E-state index contributed by atoms with van der Waals surface area (Å²) in [7, 11) is 0. The molecule has 0 aliphatic carbocycles. The fourth-order valence-electron chi connectivity index (χ4n) is 2.01. The molecule has 2 rings (SSSR count). The lowest BCUT2D eigenvalue weighted by atomic mass is 10.1. The second kappa shape index (κ2) is 6.31. The number of amides is 1. The number of alkyl halides is 3. The van der Waals surface area contributed by atoms with Crippen LogP contribution in [0.4, 0.5) is 24.5 Å². The summed E-state index contributed by atoms with van der Waals surface area (Å²) in [5.74, 6) is -0.435. The van der Waals surface area contributed by atoms with Crippen LogP contribution in [0.5, 0.6) is 0 Å². The van der Waals surface area contributed by atoms with E-state index < -0.39 is 17.6 Å². The third-order valence-corrected chi connectivity index (χ3v) is 3.04. The molecule has 21 heavy (non-hydrogen) atoms. The summed E-state index contributed by atoms with van der Waals surface area (Å²) in [6.07, 6.45) is -2.70. The highest BCUT2D eigenvalue weighted by Gasteiger charge is 2.33. The molecule has 1 aromatic carbocycles. The Hall–Kier alpha value is -1.80. The van der Waals surface area contributed by atoms with Crippen LogP contribution >= 0.6 is 0 Å². The Bertz CT molecular complexity index is 514. The molecule has 1 aliphatic rings. The number of carbonyl (C=O) groups excluding carboxylic acids is 1. The summed E-state index contributed by atoms with van der Waals surface area (Å²) in [6.45, 7) is 1.15. The Kier molecular flexibility index (Phi) is 4.69. The minimum Gasteiger partial charge on any atom is -0.398 e. The van der Waals surface area contributed by atoms with Crippen LogP contribution in [0.3, 0.4) is 0 Å². The molecular weight excluding hydrogens is 287 g/mol. The first-order valence-corrected chi connectivity index (χ1v) is 6.51. The number of anilines is 2. The van der Waals surface area contributed by atoms with Gasteiger partial charge in [-0.1, -0.05) is 0 Å². The van der Waals surface area contributed by atoms with Crippen molar-refractivity contribution in [2.24, 2.45) is 0 Å². The van der Waals surface area contributed by atoms with E-state index in [4.69, 9.17) is 10.6 Å². The maximum Gasteiger partial charge on any atom is 0.418 e. The average molecular weight is 303 g/mol. The first-order chi connectivity index (χ1) is 9.86. The molecule has 0 bridgehead atoms. The molecule has 1 saturated heterocycles. The van der Waals surface area contributed by atoms with Gasteiger partial charge >= 0.3 is 6.18 Å². The number of nitrogens with one attached hydrogen (secondary N) is 1. The molecule has 1 heterocycles. The normalized spacial score (nSPS) is 16.7. The van der Waals surface area contributed by atoms with Gasteiger partial charge in [0.15, 0.2) is 0 Å². The zero-order chi connectivity index (χ0) is 15.5. The van der Waals surface area contributed by atoms with E-state index in [1.165, 1.54) is 11.1 Å². The molecule has 0 spiro atoms. The summed E-state index contributed by atoms with van der Waals surface area (Å²) in [4.78, 5) is 17.0. The smallest absolute Gasteiger partial charge is 0.398 e. The molecule has 116 valence electrons. The van der Waals surface area contributed by atoms with Crippen LogP contribution in [0.25, 0.3) is 0 Å². The Labute approximate surface area is 119 Å². The molecular formula is C13H16F3N3O2. The molecule has 1 fully saturated rings. The topological polar surface area (TPSA) is 67.6 Å². The molecule has 0 saturated carbocycles. The number of hydrogen-bond acceptors (Lipinski definition) is 4. The Balaban J connectivity index is 2.00. The van der Waals surface area contributed by atoms with Gasteiger partial charge in [-0.05, 0) is 31.0 Å². The van der Waals surface area contributed by atoms with Crippen molar-refractivity contribution in [1.29, 1.82) is 0 Å². The van der Waals surface area contributed by atoms with Gasteiger partial charge in [0.1, 0.15) is 6.54 Å². The molecule has 0 atom stereocenters. The van der Waals surface area contributed by atoms with Crippen LogP contribution in [-0.2, 0) is 15.8 Å². The number of hydrogen-bond donors (Lipinski definition) is 2. The summed E-state index contributed by atoms with van der Waals surface area (Å²) in [5, 5.41) is 3.91. The number of benzene rings is 1. The number of halogens is 3. The molecule has 0 unspecified atom stereocenters. The van der Waals surface area contributed by atoms with Gasteiger partial charge in [0, 0.05) is 17.9 Å². The van der Waals surface area contributed by atoms with Crippen molar-refractivity contribution >= 4 is 17.3 Å². The first-order valence-electron chi connectivity index (χ1n) is 6.51. The van der Waals surface area contributed by atoms with Crippen molar-refractivity contribution in [3.63, 3.8) is 0 Å². The van der Waals surface area contributed by atoms with Crippen LogP contribution in [0.1, 0.15) is 18.4 Å². The van der Waals surface area contributed by atoms with Gasteiger partial charge in [-0.15, -0.1) is 0 Å². The lowest BCUT2D eigenvalue weighted by Gasteiger charge is -2.25. The van der Waals surface area contributed by atoms with E-state index in [-0.39, 0.29) is 17.9 Å². The van der Waals surface area contributed by atoms with Crippen LogP contribution < -0.4 is 11.1 Å². The van der Waals surface area contributed by atoms with Gasteiger partial charge in [-0.2, -0.15) is 18.2 Å². The number of rotatable bonds is 3. The highest BCUT2D eigenvalue weighted by Crippen LogP contribution is 2.35. The van der Waals surface area contributed by atoms with E-state index in [1.807, 2.05) is 0 Å². The van der Waals surface area contributed by atoms with E-state index in [2.05, 4.69) is 5.32 Å². The predicted octanol–water partition coefficient (Wildman–Crippen LogP) is 2.25. The van der Waals surface area contributed by atoms with Crippen molar-refractivity contribution in [2.75, 3.05) is 30.7 Å². The second-order valence-corrected chi connectivity index (χ2v) is 4.75. The molecule has 0 aromatic heterocycles. The minimum atomic E-state index is -4.55. The molecule has 0 radical (unpaired) electrons. The van der Waals surface area contributed by atoms with Crippen LogP contribution in [0.15, 0.2) is 18.2 Å². The van der Waals surface area contributed by atoms with E-state index >= 15 is 0 Å². The lowest BCUT2D eigenvalue weighted by molar-refractivity contribution is -0.182. The highest BCUT2D eigenvalue weighted by atomic mass is 19.4. The van der Waals surface area contributed by atoms with Gasteiger partial charge in [0.25, 0.3) is 0 Å². The van der Waals surface area contributed by atoms with Crippen molar-refractivity contribution in [1.82, 2.24) is 5.06 Å². The predicted molar refractivity (Wildman–Crippen MR) is 71.2 cm³/mol. The monoisotopic (exact) mass is 303 g/mol. The van der Waals surface area contributed by atoms with Crippen molar-refractivity contribution in [3.05, 3.63) is 23.8 Å². The number of nitrogens with two attached hydrogens (primary N) is 1. The summed E-state index contributed by atoms with van der Waals surface area (Å²) >= 11 is 0. The van der Waals surface area contributed by atoms with Crippen LogP contribution in [0, 0.1) is 0 Å².